The molecule has 2 rings (SSSR count). The van der Waals surface area contributed by atoms with E-state index in [0.29, 0.717) is 0 Å². The van der Waals surface area contributed by atoms with Gasteiger partial charge in [0, 0.05) is 19.3 Å². The van der Waals surface area contributed by atoms with Gasteiger partial charge in [0.05, 0.1) is 13.2 Å². The average molecular weight is 178 g/mol. The molecule has 3 heteroatoms. The molecule has 0 aliphatic carbocycles. The number of nitrogens with one attached hydrogen (secondary N) is 1. The van der Waals surface area contributed by atoms with E-state index in [1.54, 1.807) is 0 Å². The van der Waals surface area contributed by atoms with Crippen molar-refractivity contribution in [2.24, 2.45) is 0 Å². The van der Waals surface area contributed by atoms with Crippen LogP contribution in [0.2, 0.25) is 0 Å². The van der Waals surface area contributed by atoms with E-state index < -0.39 is 0 Å². The fourth-order valence-corrected chi connectivity index (χ4v) is 1.45. The fraction of sp³-hybridized carbons (Fsp3) is 0.400. The lowest BCUT2D eigenvalue weighted by Crippen LogP contribution is -2.38. The Morgan fingerprint density at radius 3 is 2.85 bits per heavy atom. The lowest BCUT2D eigenvalue weighted by Gasteiger charge is -2.30. The minimum Gasteiger partial charge on any atom is -0.378 e. The van der Waals surface area contributed by atoms with Gasteiger partial charge in [0.15, 0.2) is 0 Å². The third kappa shape index (κ3) is 2.12. The van der Waals surface area contributed by atoms with Crippen molar-refractivity contribution < 1.29 is 4.74 Å². The quantitative estimate of drug-likeness (QED) is 0.643. The number of nitrogens with zero attached hydrogens (tertiary/aromatic N) is 1. The summed E-state index contributed by atoms with van der Waals surface area (Å²) < 4.78 is 5.29. The van der Waals surface area contributed by atoms with Crippen molar-refractivity contribution in [3.8, 4) is 0 Å². The van der Waals surface area contributed by atoms with Gasteiger partial charge in [-0.15, -0.1) is 0 Å². The van der Waals surface area contributed by atoms with Gasteiger partial charge in [-0.2, -0.15) is 0 Å². The molecule has 70 valence electrons. The maximum atomic E-state index is 5.29. The second-order valence-corrected chi connectivity index (χ2v) is 3.04. The lowest BCUT2D eigenvalue weighted by atomic mass is 10.4. The van der Waals surface area contributed by atoms with Gasteiger partial charge in [-0.05, 0) is 12.2 Å². The van der Waals surface area contributed by atoms with Gasteiger partial charge in [0.25, 0.3) is 0 Å². The second kappa shape index (κ2) is 4.14. The smallest absolute Gasteiger partial charge is 0.105 e. The Morgan fingerprint density at radius 1 is 1.15 bits per heavy atom. The molecule has 0 saturated carbocycles. The van der Waals surface area contributed by atoms with E-state index in [-0.39, 0.29) is 0 Å². The molecule has 1 saturated heterocycles. The summed E-state index contributed by atoms with van der Waals surface area (Å²) in [6.07, 6.45) is 10.1. The van der Waals surface area contributed by atoms with Crippen LogP contribution >= 0.6 is 0 Å². The highest BCUT2D eigenvalue weighted by atomic mass is 16.5. The Labute approximate surface area is 78.4 Å². The summed E-state index contributed by atoms with van der Waals surface area (Å²) >= 11 is 0. The van der Waals surface area contributed by atoms with Gasteiger partial charge >= 0.3 is 0 Å². The van der Waals surface area contributed by atoms with Crippen molar-refractivity contribution in [2.45, 2.75) is 0 Å². The van der Waals surface area contributed by atoms with Crippen molar-refractivity contribution in [2.75, 3.05) is 26.3 Å². The van der Waals surface area contributed by atoms with Gasteiger partial charge in [0.2, 0.25) is 0 Å². The minimum absolute atomic E-state index is 0.826. The molecule has 0 atom stereocenters. The zero-order valence-electron chi connectivity index (χ0n) is 7.57. The molecule has 1 N–H and O–H groups in total. The van der Waals surface area contributed by atoms with E-state index >= 15 is 0 Å². The number of morpholine rings is 1. The Balaban J connectivity index is 2.01. The van der Waals surface area contributed by atoms with E-state index in [9.17, 15) is 0 Å². The molecule has 0 amide bonds. The highest BCUT2D eigenvalue weighted by Crippen LogP contribution is 2.06. The maximum Gasteiger partial charge on any atom is 0.105 e. The first-order chi connectivity index (χ1) is 6.47. The van der Waals surface area contributed by atoms with E-state index in [1.165, 1.54) is 0 Å². The number of hydrogen-bond acceptors (Lipinski definition) is 3. The molecule has 0 aromatic heterocycles. The predicted octanol–water partition coefficient (Wildman–Crippen LogP) is 0.833. The molecule has 0 bridgehead atoms. The topological polar surface area (TPSA) is 24.5 Å². The van der Waals surface area contributed by atoms with Crippen LogP contribution in [0.1, 0.15) is 0 Å². The number of allylic oxidation sites excluding steroid dienone is 4. The standard InChI is InChI=1S/C10H14N2O/c1-2-4-10(11-5-3-1)12-6-8-13-9-7-12/h1-5,11H,6-9H2. The van der Waals surface area contributed by atoms with Gasteiger partial charge in [-0.3, -0.25) is 0 Å². The highest BCUT2D eigenvalue weighted by Gasteiger charge is 2.12. The summed E-state index contributed by atoms with van der Waals surface area (Å²) in [5, 5.41) is 3.24. The summed E-state index contributed by atoms with van der Waals surface area (Å²) in [5.41, 5.74) is 0. The molecule has 0 spiro atoms. The molecule has 3 nitrogen and oxygen atoms in total. The van der Waals surface area contributed by atoms with Gasteiger partial charge in [-0.25, -0.2) is 0 Å². The molecule has 2 heterocycles. The predicted molar refractivity (Wildman–Crippen MR) is 51.9 cm³/mol. The van der Waals surface area contributed by atoms with Gasteiger partial charge in [0.1, 0.15) is 5.82 Å². The third-order valence-electron chi connectivity index (χ3n) is 2.16. The van der Waals surface area contributed by atoms with Crippen molar-refractivity contribution in [1.82, 2.24) is 10.2 Å². The Morgan fingerprint density at radius 2 is 2.00 bits per heavy atom. The van der Waals surface area contributed by atoms with Crippen molar-refractivity contribution in [3.63, 3.8) is 0 Å². The van der Waals surface area contributed by atoms with Crippen molar-refractivity contribution in [1.29, 1.82) is 0 Å². The summed E-state index contributed by atoms with van der Waals surface area (Å²) in [5.74, 6) is 1.16. The minimum atomic E-state index is 0.826. The zero-order chi connectivity index (χ0) is 8.93. The van der Waals surface area contributed by atoms with E-state index in [2.05, 4.69) is 16.3 Å². The Hall–Kier alpha value is -1.22. The van der Waals surface area contributed by atoms with Crippen LogP contribution < -0.4 is 5.32 Å². The normalized spacial score (nSPS) is 22.2. The number of rotatable bonds is 1. The average Bonchev–Trinajstić information content (AvgIpc) is 2.47. The van der Waals surface area contributed by atoms with Crippen molar-refractivity contribution >= 4 is 0 Å². The van der Waals surface area contributed by atoms with Crippen LogP contribution in [-0.4, -0.2) is 31.2 Å². The molecule has 0 aromatic rings. The molecule has 0 radical (unpaired) electrons. The fourth-order valence-electron chi connectivity index (χ4n) is 1.45. The van der Waals surface area contributed by atoms with Crippen LogP contribution in [0.15, 0.2) is 36.3 Å². The van der Waals surface area contributed by atoms with Crippen LogP contribution in [-0.2, 0) is 4.74 Å². The largest absolute Gasteiger partial charge is 0.378 e. The third-order valence-corrected chi connectivity index (χ3v) is 2.16. The van der Waals surface area contributed by atoms with Gasteiger partial charge in [-0.1, -0.05) is 12.2 Å². The van der Waals surface area contributed by atoms with Crippen LogP contribution in [0.5, 0.6) is 0 Å². The first kappa shape index (κ1) is 8.38. The van der Waals surface area contributed by atoms with Crippen LogP contribution in [0.4, 0.5) is 0 Å². The summed E-state index contributed by atoms with van der Waals surface area (Å²) in [6, 6.07) is 0. The second-order valence-electron chi connectivity index (χ2n) is 3.04. The monoisotopic (exact) mass is 178 g/mol. The lowest BCUT2D eigenvalue weighted by molar-refractivity contribution is 0.0513. The van der Waals surface area contributed by atoms with Crippen LogP contribution in [0, 0.1) is 0 Å². The first-order valence-corrected chi connectivity index (χ1v) is 4.59. The maximum absolute atomic E-state index is 5.29. The molecule has 0 aromatic carbocycles. The molecule has 1 fully saturated rings. The summed E-state index contributed by atoms with van der Waals surface area (Å²) in [7, 11) is 0. The molecule has 0 unspecified atom stereocenters. The SMILES string of the molecule is C1=CC=C(N2CCOCC2)NC=C1. The molecular weight excluding hydrogens is 164 g/mol. The molecule has 13 heavy (non-hydrogen) atoms. The summed E-state index contributed by atoms with van der Waals surface area (Å²) in [4.78, 5) is 2.30. The summed E-state index contributed by atoms with van der Waals surface area (Å²) in [6.45, 7) is 3.60. The first-order valence-electron chi connectivity index (χ1n) is 4.59. The molecule has 2 aliphatic rings. The Bertz CT molecular complexity index is 250. The molecular formula is C10H14N2O. The van der Waals surface area contributed by atoms with E-state index in [1.807, 2.05) is 24.4 Å². The number of hydrogen-bond donors (Lipinski definition) is 1. The van der Waals surface area contributed by atoms with E-state index in [0.717, 1.165) is 32.1 Å². The van der Waals surface area contributed by atoms with E-state index in [4.69, 9.17) is 4.74 Å². The molecule has 2 aliphatic heterocycles. The van der Waals surface area contributed by atoms with Crippen LogP contribution in [0.3, 0.4) is 0 Å². The number of ether oxygens (including phenoxy) is 1. The Kier molecular flexibility index (Phi) is 2.67. The highest BCUT2D eigenvalue weighted by molar-refractivity contribution is 5.20. The van der Waals surface area contributed by atoms with Gasteiger partial charge < -0.3 is 15.0 Å². The van der Waals surface area contributed by atoms with Crippen molar-refractivity contribution in [3.05, 3.63) is 36.3 Å². The zero-order valence-corrected chi connectivity index (χ0v) is 7.57. The van der Waals surface area contributed by atoms with Crippen LogP contribution in [0.25, 0.3) is 0 Å².